The molecule has 4 heteroatoms. The van der Waals surface area contributed by atoms with Gasteiger partial charge in [-0.05, 0) is 12.8 Å². The van der Waals surface area contributed by atoms with Crippen molar-refractivity contribution < 1.29 is 4.79 Å². The molecule has 0 bridgehead atoms. The van der Waals surface area contributed by atoms with E-state index in [0.29, 0.717) is 17.5 Å². The van der Waals surface area contributed by atoms with E-state index in [-0.39, 0.29) is 17.9 Å². The summed E-state index contributed by atoms with van der Waals surface area (Å²) in [7, 11) is 0. The van der Waals surface area contributed by atoms with E-state index in [9.17, 15) is 4.79 Å². The summed E-state index contributed by atoms with van der Waals surface area (Å²) in [5.41, 5.74) is 5.43. The molecule has 13 heavy (non-hydrogen) atoms. The van der Waals surface area contributed by atoms with Crippen LogP contribution < -0.4 is 5.73 Å². The van der Waals surface area contributed by atoms with Crippen LogP contribution in [0.5, 0.6) is 0 Å². The van der Waals surface area contributed by atoms with E-state index < -0.39 is 0 Å². The minimum Gasteiger partial charge on any atom is -0.392 e. The van der Waals surface area contributed by atoms with Gasteiger partial charge in [-0.25, -0.2) is 0 Å². The highest BCUT2D eigenvalue weighted by Gasteiger charge is 2.40. The van der Waals surface area contributed by atoms with Crippen molar-refractivity contribution >= 4 is 23.1 Å². The highest BCUT2D eigenvalue weighted by molar-refractivity contribution is 7.80. The van der Waals surface area contributed by atoms with Gasteiger partial charge in [0, 0.05) is 12.0 Å². The molecule has 1 saturated heterocycles. The number of hydrogen-bond donors (Lipinski definition) is 1. The molecule has 1 rings (SSSR count). The fraction of sp³-hybridized carbons (Fsp3) is 0.778. The van der Waals surface area contributed by atoms with Crippen LogP contribution in [0.1, 0.15) is 20.8 Å². The number of nitrogens with two attached hydrogens (primary N) is 1. The largest absolute Gasteiger partial charge is 0.392 e. The number of nitrogens with zero attached hydrogens (tertiary/aromatic N) is 1. The van der Waals surface area contributed by atoms with Crippen molar-refractivity contribution in [2.75, 3.05) is 6.54 Å². The molecular formula is C9H16N2OS. The van der Waals surface area contributed by atoms with Gasteiger partial charge < -0.3 is 10.6 Å². The smallest absolute Gasteiger partial charge is 0.226 e. The van der Waals surface area contributed by atoms with E-state index in [2.05, 4.69) is 6.92 Å². The van der Waals surface area contributed by atoms with Crippen LogP contribution in [0.2, 0.25) is 0 Å². The molecule has 0 spiro atoms. The second kappa shape index (κ2) is 3.62. The highest BCUT2D eigenvalue weighted by atomic mass is 32.1. The molecule has 3 nitrogen and oxygen atoms in total. The SMILES string of the molecule is CC1C(=O)N(CC(N)=S)C(C)C1C. The number of carbonyl (C=O) groups excluding carboxylic acids is 1. The average molecular weight is 200 g/mol. The van der Waals surface area contributed by atoms with Gasteiger partial charge in [0.15, 0.2) is 0 Å². The molecule has 1 aliphatic rings. The van der Waals surface area contributed by atoms with Crippen LogP contribution in [-0.4, -0.2) is 28.4 Å². The van der Waals surface area contributed by atoms with Crippen LogP contribution >= 0.6 is 12.2 Å². The van der Waals surface area contributed by atoms with Crippen LogP contribution in [0.4, 0.5) is 0 Å². The third-order valence-corrected chi connectivity index (χ3v) is 3.17. The minimum atomic E-state index is 0.101. The zero-order chi connectivity index (χ0) is 10.2. The molecule has 0 aromatic heterocycles. The first-order chi connectivity index (χ1) is 5.95. The maximum atomic E-state index is 11.7. The van der Waals surface area contributed by atoms with Crippen molar-refractivity contribution in [3.05, 3.63) is 0 Å². The first-order valence-corrected chi connectivity index (χ1v) is 4.94. The van der Waals surface area contributed by atoms with Gasteiger partial charge in [0.2, 0.25) is 5.91 Å². The summed E-state index contributed by atoms with van der Waals surface area (Å²) in [5.74, 6) is 0.666. The molecule has 74 valence electrons. The van der Waals surface area contributed by atoms with Gasteiger partial charge in [-0.2, -0.15) is 0 Å². The molecule has 0 aromatic rings. The lowest BCUT2D eigenvalue weighted by Gasteiger charge is -2.22. The van der Waals surface area contributed by atoms with Crippen molar-refractivity contribution in [2.24, 2.45) is 17.6 Å². The van der Waals surface area contributed by atoms with Crippen molar-refractivity contribution in [1.82, 2.24) is 4.90 Å². The molecule has 1 aliphatic heterocycles. The Labute approximate surface area is 84.3 Å². The number of likely N-dealkylation sites (tertiary alicyclic amines) is 1. The highest BCUT2D eigenvalue weighted by Crippen LogP contribution is 2.29. The molecule has 0 radical (unpaired) electrons. The van der Waals surface area contributed by atoms with E-state index in [1.807, 2.05) is 13.8 Å². The Morgan fingerprint density at radius 3 is 2.38 bits per heavy atom. The van der Waals surface area contributed by atoms with Gasteiger partial charge >= 0.3 is 0 Å². The number of hydrogen-bond acceptors (Lipinski definition) is 2. The third kappa shape index (κ3) is 1.82. The van der Waals surface area contributed by atoms with E-state index in [1.165, 1.54) is 0 Å². The lowest BCUT2D eigenvalue weighted by atomic mass is 9.95. The summed E-state index contributed by atoms with van der Waals surface area (Å²) in [6.45, 7) is 6.52. The molecule has 0 saturated carbocycles. The van der Waals surface area contributed by atoms with E-state index in [4.69, 9.17) is 18.0 Å². The summed E-state index contributed by atoms with van der Waals surface area (Å²) >= 11 is 4.80. The van der Waals surface area contributed by atoms with E-state index in [0.717, 1.165) is 0 Å². The number of rotatable bonds is 2. The quantitative estimate of drug-likeness (QED) is 0.670. The Hall–Kier alpha value is -0.640. The molecule has 2 N–H and O–H groups in total. The van der Waals surface area contributed by atoms with Crippen LogP contribution in [0.15, 0.2) is 0 Å². The lowest BCUT2D eigenvalue weighted by Crippen LogP contribution is -2.39. The molecule has 1 amide bonds. The van der Waals surface area contributed by atoms with Gasteiger partial charge in [0.1, 0.15) is 0 Å². The molecular weight excluding hydrogens is 184 g/mol. The molecule has 1 fully saturated rings. The van der Waals surface area contributed by atoms with Crippen molar-refractivity contribution in [2.45, 2.75) is 26.8 Å². The Balaban J connectivity index is 2.75. The molecule has 0 aliphatic carbocycles. The Bertz CT molecular complexity index is 242. The first kappa shape index (κ1) is 10.4. The van der Waals surface area contributed by atoms with Crippen LogP contribution in [0, 0.1) is 11.8 Å². The molecule has 3 unspecified atom stereocenters. The standard InChI is InChI=1S/C9H16N2OS/c1-5-6(2)9(12)11(7(5)3)4-8(10)13/h5-7H,4H2,1-3H3,(H2,10,13). The normalized spacial score (nSPS) is 33.9. The molecule has 1 heterocycles. The number of thiocarbonyl (C=S) groups is 1. The maximum absolute atomic E-state index is 11.7. The summed E-state index contributed by atoms with van der Waals surface area (Å²) in [6, 6.07) is 0.254. The fourth-order valence-electron chi connectivity index (χ4n) is 1.78. The number of amides is 1. The molecule has 0 aromatic carbocycles. The average Bonchev–Trinajstić information content (AvgIpc) is 2.22. The summed E-state index contributed by atoms with van der Waals surface area (Å²) < 4.78 is 0. The Kier molecular flexibility index (Phi) is 2.91. The van der Waals surface area contributed by atoms with Crippen molar-refractivity contribution in [3.63, 3.8) is 0 Å². The summed E-state index contributed by atoms with van der Waals surface area (Å²) in [6.07, 6.45) is 0. The topological polar surface area (TPSA) is 46.3 Å². The predicted molar refractivity (Wildman–Crippen MR) is 56.3 cm³/mol. The van der Waals surface area contributed by atoms with Crippen LogP contribution in [-0.2, 0) is 4.79 Å². The first-order valence-electron chi connectivity index (χ1n) is 4.54. The Morgan fingerprint density at radius 1 is 1.54 bits per heavy atom. The fourth-order valence-corrected chi connectivity index (χ4v) is 1.92. The van der Waals surface area contributed by atoms with Crippen LogP contribution in [0.3, 0.4) is 0 Å². The van der Waals surface area contributed by atoms with Gasteiger partial charge in [0.25, 0.3) is 0 Å². The van der Waals surface area contributed by atoms with Crippen molar-refractivity contribution in [1.29, 1.82) is 0 Å². The van der Waals surface area contributed by atoms with Gasteiger partial charge in [0.05, 0.1) is 11.5 Å². The van der Waals surface area contributed by atoms with E-state index in [1.54, 1.807) is 4.90 Å². The zero-order valence-corrected chi connectivity index (χ0v) is 9.10. The lowest BCUT2D eigenvalue weighted by molar-refractivity contribution is -0.130. The summed E-state index contributed by atoms with van der Waals surface area (Å²) in [4.78, 5) is 13.8. The maximum Gasteiger partial charge on any atom is 0.226 e. The predicted octanol–water partition coefficient (Wildman–Crippen LogP) is 0.775. The van der Waals surface area contributed by atoms with E-state index >= 15 is 0 Å². The van der Waals surface area contributed by atoms with Crippen LogP contribution in [0.25, 0.3) is 0 Å². The second-order valence-corrected chi connectivity index (χ2v) is 4.35. The molecule has 3 atom stereocenters. The minimum absolute atomic E-state index is 0.101. The van der Waals surface area contributed by atoms with Gasteiger partial charge in [-0.1, -0.05) is 26.1 Å². The Morgan fingerprint density at radius 2 is 2.08 bits per heavy atom. The van der Waals surface area contributed by atoms with Gasteiger partial charge in [-0.3, -0.25) is 4.79 Å². The van der Waals surface area contributed by atoms with Gasteiger partial charge in [-0.15, -0.1) is 0 Å². The number of carbonyl (C=O) groups is 1. The van der Waals surface area contributed by atoms with Crippen molar-refractivity contribution in [3.8, 4) is 0 Å². The zero-order valence-electron chi connectivity index (χ0n) is 8.28. The monoisotopic (exact) mass is 200 g/mol. The third-order valence-electron chi connectivity index (χ3n) is 3.04. The summed E-state index contributed by atoms with van der Waals surface area (Å²) in [5, 5.41) is 0. The second-order valence-electron chi connectivity index (χ2n) is 3.82.